The second kappa shape index (κ2) is 8.75. The Morgan fingerprint density at radius 2 is 1.77 bits per heavy atom. The number of piperazine rings is 1. The molecule has 0 N–H and O–H groups in total. The van der Waals surface area contributed by atoms with E-state index in [0.29, 0.717) is 26.2 Å². The fourth-order valence-corrected chi connectivity index (χ4v) is 2.50. The van der Waals surface area contributed by atoms with Gasteiger partial charge in [0.05, 0.1) is 10.5 Å². The van der Waals surface area contributed by atoms with E-state index in [9.17, 15) is 24.5 Å². The number of carbonyl (C=O) groups is 3. The van der Waals surface area contributed by atoms with Gasteiger partial charge in [0, 0.05) is 45.2 Å². The Kier molecular flexibility index (Phi) is 6.42. The summed E-state index contributed by atoms with van der Waals surface area (Å²) >= 11 is 0. The quantitative estimate of drug-likeness (QED) is 0.333. The first-order valence-corrected chi connectivity index (χ1v) is 8.00. The molecule has 26 heavy (non-hydrogen) atoms. The number of nitro benzene ring substituents is 1. The van der Waals surface area contributed by atoms with Gasteiger partial charge in [-0.05, 0) is 12.1 Å². The summed E-state index contributed by atoms with van der Waals surface area (Å²) in [6.45, 7) is 2.74. The zero-order valence-electron chi connectivity index (χ0n) is 14.3. The number of nitro groups is 1. The van der Waals surface area contributed by atoms with Crippen LogP contribution in [0.2, 0.25) is 0 Å². The van der Waals surface area contributed by atoms with E-state index in [0.717, 1.165) is 6.08 Å². The Labute approximate surface area is 150 Å². The molecular formula is C17H19N3O6. The number of hydrogen-bond donors (Lipinski definition) is 0. The van der Waals surface area contributed by atoms with Crippen molar-refractivity contribution < 1.29 is 24.0 Å². The highest BCUT2D eigenvalue weighted by molar-refractivity contribution is 5.90. The summed E-state index contributed by atoms with van der Waals surface area (Å²) in [4.78, 5) is 48.5. The van der Waals surface area contributed by atoms with Crippen LogP contribution in [0.15, 0.2) is 30.3 Å². The van der Waals surface area contributed by atoms with Crippen LogP contribution in [-0.4, -0.2) is 65.3 Å². The molecule has 1 aromatic carbocycles. The van der Waals surface area contributed by atoms with Crippen molar-refractivity contribution in [3.63, 3.8) is 0 Å². The van der Waals surface area contributed by atoms with Crippen LogP contribution in [0.4, 0.5) is 5.69 Å². The maximum atomic E-state index is 12.0. The van der Waals surface area contributed by atoms with Gasteiger partial charge in [-0.25, -0.2) is 4.79 Å². The standard InChI is InChI=1S/C17H19N3O6/c1-13(21)18-8-10-19(11-9-18)16(22)12-26-17(23)7-6-14-4-2-3-5-15(14)20(24)25/h2-7H,8-12H2,1H3. The second-order valence-corrected chi connectivity index (χ2v) is 5.64. The molecule has 2 amide bonds. The molecule has 1 saturated heterocycles. The van der Waals surface area contributed by atoms with Crippen molar-refractivity contribution in [2.75, 3.05) is 32.8 Å². The monoisotopic (exact) mass is 361 g/mol. The van der Waals surface area contributed by atoms with Crippen molar-refractivity contribution in [1.82, 2.24) is 9.80 Å². The van der Waals surface area contributed by atoms with Crippen LogP contribution in [-0.2, 0) is 19.1 Å². The van der Waals surface area contributed by atoms with Crippen LogP contribution < -0.4 is 0 Å². The van der Waals surface area contributed by atoms with Crippen molar-refractivity contribution in [3.8, 4) is 0 Å². The first-order valence-electron chi connectivity index (χ1n) is 8.00. The smallest absolute Gasteiger partial charge is 0.331 e. The van der Waals surface area contributed by atoms with Crippen LogP contribution in [0.1, 0.15) is 12.5 Å². The van der Waals surface area contributed by atoms with Crippen LogP contribution in [0.5, 0.6) is 0 Å². The predicted octanol–water partition coefficient (Wildman–Crippen LogP) is 0.842. The molecule has 1 aromatic rings. The van der Waals surface area contributed by atoms with Crippen molar-refractivity contribution in [2.24, 2.45) is 0 Å². The molecule has 9 nitrogen and oxygen atoms in total. The lowest BCUT2D eigenvalue weighted by Gasteiger charge is -2.34. The largest absolute Gasteiger partial charge is 0.452 e. The minimum Gasteiger partial charge on any atom is -0.452 e. The van der Waals surface area contributed by atoms with Crippen molar-refractivity contribution in [1.29, 1.82) is 0 Å². The third-order valence-electron chi connectivity index (χ3n) is 3.95. The molecule has 9 heteroatoms. The number of para-hydroxylation sites is 1. The van der Waals surface area contributed by atoms with Crippen molar-refractivity contribution >= 4 is 29.5 Å². The van der Waals surface area contributed by atoms with E-state index in [1.807, 2.05) is 0 Å². The van der Waals surface area contributed by atoms with E-state index in [2.05, 4.69) is 0 Å². The number of rotatable bonds is 5. The molecule has 1 fully saturated rings. The lowest BCUT2D eigenvalue weighted by atomic mass is 10.1. The van der Waals surface area contributed by atoms with E-state index in [4.69, 9.17) is 4.74 Å². The zero-order chi connectivity index (χ0) is 19.1. The molecule has 138 valence electrons. The van der Waals surface area contributed by atoms with Crippen molar-refractivity contribution in [3.05, 3.63) is 46.0 Å². The molecule has 0 bridgehead atoms. The highest BCUT2D eigenvalue weighted by Gasteiger charge is 2.22. The highest BCUT2D eigenvalue weighted by Crippen LogP contribution is 2.18. The predicted molar refractivity (Wildman–Crippen MR) is 91.9 cm³/mol. The lowest BCUT2D eigenvalue weighted by Crippen LogP contribution is -2.51. The fraction of sp³-hybridized carbons (Fsp3) is 0.353. The average Bonchev–Trinajstić information content (AvgIpc) is 2.64. The van der Waals surface area contributed by atoms with Gasteiger partial charge in [0.25, 0.3) is 11.6 Å². The number of esters is 1. The summed E-state index contributed by atoms with van der Waals surface area (Å²) in [5.41, 5.74) is 0.136. The molecule has 0 saturated carbocycles. The summed E-state index contributed by atoms with van der Waals surface area (Å²) in [6.07, 6.45) is 2.32. The first kappa shape index (κ1) is 19.1. The minimum absolute atomic E-state index is 0.0383. The summed E-state index contributed by atoms with van der Waals surface area (Å²) in [5, 5.41) is 10.9. The summed E-state index contributed by atoms with van der Waals surface area (Å²) < 4.78 is 4.89. The van der Waals surface area contributed by atoms with E-state index in [-0.39, 0.29) is 23.1 Å². The highest BCUT2D eigenvalue weighted by atomic mass is 16.6. The molecule has 1 heterocycles. The van der Waals surface area contributed by atoms with Gasteiger partial charge in [0.1, 0.15) is 0 Å². The molecule has 1 aliphatic rings. The van der Waals surface area contributed by atoms with Gasteiger partial charge in [0.15, 0.2) is 6.61 Å². The maximum absolute atomic E-state index is 12.0. The van der Waals surface area contributed by atoms with Gasteiger partial charge in [-0.1, -0.05) is 12.1 Å². The summed E-state index contributed by atoms with van der Waals surface area (Å²) in [6, 6.07) is 5.97. The summed E-state index contributed by atoms with van der Waals surface area (Å²) in [7, 11) is 0. The summed E-state index contributed by atoms with van der Waals surface area (Å²) in [5.74, 6) is -1.15. The Morgan fingerprint density at radius 3 is 2.38 bits per heavy atom. The number of nitrogens with zero attached hydrogens (tertiary/aromatic N) is 3. The Hall–Kier alpha value is -3.23. The van der Waals surface area contributed by atoms with E-state index < -0.39 is 17.5 Å². The number of ether oxygens (including phenoxy) is 1. The maximum Gasteiger partial charge on any atom is 0.331 e. The Bertz CT molecular complexity index is 738. The van der Waals surface area contributed by atoms with Gasteiger partial charge in [-0.15, -0.1) is 0 Å². The molecule has 0 aliphatic carbocycles. The van der Waals surface area contributed by atoms with E-state index in [1.165, 1.54) is 36.1 Å². The molecule has 0 radical (unpaired) electrons. The number of benzene rings is 1. The SMILES string of the molecule is CC(=O)N1CCN(C(=O)COC(=O)C=Cc2ccccc2[N+](=O)[O-])CC1. The second-order valence-electron chi connectivity index (χ2n) is 5.64. The number of amides is 2. The van der Waals surface area contributed by atoms with Crippen LogP contribution in [0.3, 0.4) is 0 Å². The molecule has 2 rings (SSSR count). The Morgan fingerprint density at radius 1 is 1.15 bits per heavy atom. The van der Waals surface area contributed by atoms with Gasteiger partial charge >= 0.3 is 5.97 Å². The normalized spacial score (nSPS) is 14.3. The van der Waals surface area contributed by atoms with E-state index in [1.54, 1.807) is 11.0 Å². The minimum atomic E-state index is -0.765. The van der Waals surface area contributed by atoms with Gasteiger partial charge in [-0.3, -0.25) is 19.7 Å². The Balaban J connectivity index is 1.83. The number of carbonyl (C=O) groups excluding carboxylic acids is 3. The molecular weight excluding hydrogens is 342 g/mol. The molecule has 0 unspecified atom stereocenters. The van der Waals surface area contributed by atoms with Crippen LogP contribution in [0, 0.1) is 10.1 Å². The first-order chi connectivity index (χ1) is 12.4. The third kappa shape index (κ3) is 5.13. The topological polar surface area (TPSA) is 110 Å². The molecule has 0 aromatic heterocycles. The lowest BCUT2D eigenvalue weighted by molar-refractivity contribution is -0.385. The van der Waals surface area contributed by atoms with Crippen molar-refractivity contribution in [2.45, 2.75) is 6.92 Å². The molecule has 0 spiro atoms. The van der Waals surface area contributed by atoms with Gasteiger partial charge in [-0.2, -0.15) is 0 Å². The molecule has 1 aliphatic heterocycles. The van der Waals surface area contributed by atoms with Gasteiger partial charge < -0.3 is 14.5 Å². The average molecular weight is 361 g/mol. The zero-order valence-corrected chi connectivity index (χ0v) is 14.3. The van der Waals surface area contributed by atoms with Crippen LogP contribution in [0.25, 0.3) is 6.08 Å². The third-order valence-corrected chi connectivity index (χ3v) is 3.95. The molecule has 0 atom stereocenters. The number of hydrogen-bond acceptors (Lipinski definition) is 6. The fourth-order valence-electron chi connectivity index (χ4n) is 2.50. The van der Waals surface area contributed by atoms with E-state index >= 15 is 0 Å². The van der Waals surface area contributed by atoms with Crippen LogP contribution >= 0.6 is 0 Å². The van der Waals surface area contributed by atoms with Gasteiger partial charge in [0.2, 0.25) is 5.91 Å².